The summed E-state index contributed by atoms with van der Waals surface area (Å²) in [6.45, 7) is 2.56. The van der Waals surface area contributed by atoms with E-state index in [-0.39, 0.29) is 5.95 Å². The molecule has 16 heavy (non-hydrogen) atoms. The lowest BCUT2D eigenvalue weighted by Crippen LogP contribution is -2.03. The maximum atomic E-state index is 5.81. The van der Waals surface area contributed by atoms with Crippen LogP contribution in [-0.2, 0) is 0 Å². The predicted molar refractivity (Wildman–Crippen MR) is 62.5 cm³/mol. The molecule has 2 aromatic rings. The molecule has 0 bridgehead atoms. The number of nitrogens with zero attached hydrogens (tertiary/aromatic N) is 3. The van der Waals surface area contributed by atoms with E-state index in [2.05, 4.69) is 15.0 Å². The monoisotopic (exact) mass is 238 g/mol. The van der Waals surface area contributed by atoms with Gasteiger partial charge in [0.1, 0.15) is 5.15 Å². The molecule has 0 saturated carbocycles. The minimum absolute atomic E-state index is 0.169. The predicted octanol–water partition coefficient (Wildman–Crippen LogP) is 2.05. The number of rotatable bonds is 3. The average molecular weight is 239 g/mol. The zero-order chi connectivity index (χ0) is 11.5. The molecule has 84 valence electrons. The fourth-order valence-corrected chi connectivity index (χ4v) is 1.43. The third kappa shape index (κ3) is 2.14. The summed E-state index contributed by atoms with van der Waals surface area (Å²) in [6, 6.07) is 3.39. The molecule has 0 radical (unpaired) electrons. The highest BCUT2D eigenvalue weighted by atomic mass is 35.5. The van der Waals surface area contributed by atoms with Gasteiger partial charge in [0.25, 0.3) is 0 Å². The zero-order valence-corrected chi connectivity index (χ0v) is 9.53. The molecule has 2 rings (SSSR count). The molecule has 0 aliphatic rings. The minimum Gasteiger partial charge on any atom is -0.476 e. The van der Waals surface area contributed by atoms with Gasteiger partial charge in [-0.3, -0.25) is 0 Å². The van der Waals surface area contributed by atoms with Crippen LogP contribution >= 0.6 is 11.6 Å². The molecule has 0 aromatic carbocycles. The second-order valence-corrected chi connectivity index (χ2v) is 3.62. The van der Waals surface area contributed by atoms with Gasteiger partial charge >= 0.3 is 0 Å². The summed E-state index contributed by atoms with van der Waals surface area (Å²) in [5, 5.41) is 0.377. The third-order valence-corrected chi connectivity index (χ3v) is 2.15. The quantitative estimate of drug-likeness (QED) is 0.829. The van der Waals surface area contributed by atoms with Crippen molar-refractivity contribution in [3.8, 4) is 5.88 Å². The summed E-state index contributed by atoms with van der Waals surface area (Å²) in [5.41, 5.74) is 6.74. The summed E-state index contributed by atoms with van der Waals surface area (Å²) in [4.78, 5) is 12.2. The van der Waals surface area contributed by atoms with Crippen LogP contribution in [0.15, 0.2) is 12.1 Å². The summed E-state index contributed by atoms with van der Waals surface area (Å²) >= 11 is 5.81. The Morgan fingerprint density at radius 2 is 2.12 bits per heavy atom. The molecular formula is C10H11ClN4O. The zero-order valence-electron chi connectivity index (χ0n) is 8.77. The highest BCUT2D eigenvalue weighted by molar-refractivity contribution is 6.29. The Morgan fingerprint density at radius 3 is 2.88 bits per heavy atom. The first kappa shape index (κ1) is 10.9. The number of pyridine rings is 1. The highest BCUT2D eigenvalue weighted by Crippen LogP contribution is 2.23. The number of halogens is 1. The number of hydrogen-bond donors (Lipinski definition) is 1. The molecule has 6 heteroatoms. The molecule has 2 heterocycles. The van der Waals surface area contributed by atoms with Crippen molar-refractivity contribution in [3.05, 3.63) is 17.3 Å². The lowest BCUT2D eigenvalue weighted by molar-refractivity contribution is 0.309. The lowest BCUT2D eigenvalue weighted by Gasteiger charge is -2.06. The van der Waals surface area contributed by atoms with Crippen LogP contribution in [0.5, 0.6) is 5.88 Å². The lowest BCUT2D eigenvalue weighted by atomic mass is 10.3. The van der Waals surface area contributed by atoms with E-state index in [4.69, 9.17) is 22.1 Å². The molecule has 0 amide bonds. The summed E-state index contributed by atoms with van der Waals surface area (Å²) in [6.07, 6.45) is 0.881. The van der Waals surface area contributed by atoms with Crippen molar-refractivity contribution >= 4 is 28.6 Å². The van der Waals surface area contributed by atoms with E-state index in [0.717, 1.165) is 6.42 Å². The fraction of sp³-hybridized carbons (Fsp3) is 0.300. The van der Waals surface area contributed by atoms with E-state index in [1.807, 2.05) is 6.92 Å². The van der Waals surface area contributed by atoms with E-state index >= 15 is 0 Å². The third-order valence-electron chi connectivity index (χ3n) is 1.94. The van der Waals surface area contributed by atoms with E-state index in [1.165, 1.54) is 0 Å². The van der Waals surface area contributed by atoms with Crippen LogP contribution in [0, 0.1) is 0 Å². The molecule has 0 saturated heterocycles. The molecule has 0 aliphatic carbocycles. The average Bonchev–Trinajstić information content (AvgIpc) is 2.26. The topological polar surface area (TPSA) is 73.9 Å². The van der Waals surface area contributed by atoms with Crippen molar-refractivity contribution in [1.29, 1.82) is 0 Å². The normalized spacial score (nSPS) is 10.6. The maximum Gasteiger partial charge on any atom is 0.245 e. The Labute approximate surface area is 97.6 Å². The number of fused-ring (bicyclic) bond motifs is 1. The van der Waals surface area contributed by atoms with E-state index in [1.54, 1.807) is 12.1 Å². The fourth-order valence-electron chi connectivity index (χ4n) is 1.28. The van der Waals surface area contributed by atoms with Gasteiger partial charge in [-0.15, -0.1) is 0 Å². The van der Waals surface area contributed by atoms with Crippen molar-refractivity contribution in [3.63, 3.8) is 0 Å². The highest BCUT2D eigenvalue weighted by Gasteiger charge is 2.09. The molecule has 5 nitrogen and oxygen atoms in total. The van der Waals surface area contributed by atoms with Crippen LogP contribution in [0.4, 0.5) is 5.95 Å². The van der Waals surface area contributed by atoms with Gasteiger partial charge in [-0.05, 0) is 18.6 Å². The first-order chi connectivity index (χ1) is 7.70. The van der Waals surface area contributed by atoms with E-state index in [0.29, 0.717) is 28.7 Å². The molecule has 0 unspecified atom stereocenters. The molecule has 2 N–H and O–H groups in total. The van der Waals surface area contributed by atoms with Crippen LogP contribution in [0.1, 0.15) is 13.3 Å². The Kier molecular flexibility index (Phi) is 3.05. The summed E-state index contributed by atoms with van der Waals surface area (Å²) in [7, 11) is 0. The first-order valence-electron chi connectivity index (χ1n) is 4.93. The van der Waals surface area contributed by atoms with Crippen LogP contribution in [0.2, 0.25) is 5.15 Å². The van der Waals surface area contributed by atoms with Crippen LogP contribution in [-0.4, -0.2) is 21.6 Å². The number of aromatic nitrogens is 3. The van der Waals surface area contributed by atoms with Gasteiger partial charge < -0.3 is 10.5 Å². The van der Waals surface area contributed by atoms with Crippen molar-refractivity contribution < 1.29 is 4.74 Å². The standard InChI is InChI=1S/C10H11ClN4O/c1-2-5-16-9-8-6(13-10(12)15-9)3-4-7(11)14-8/h3-4H,2,5H2,1H3,(H2,12,13,15). The number of ether oxygens (including phenoxy) is 1. The molecular weight excluding hydrogens is 228 g/mol. The number of hydrogen-bond acceptors (Lipinski definition) is 5. The van der Waals surface area contributed by atoms with E-state index in [9.17, 15) is 0 Å². The minimum atomic E-state index is 0.169. The largest absolute Gasteiger partial charge is 0.476 e. The van der Waals surface area contributed by atoms with Crippen LogP contribution in [0.3, 0.4) is 0 Å². The number of nitrogens with two attached hydrogens (primary N) is 1. The van der Waals surface area contributed by atoms with Crippen molar-refractivity contribution in [1.82, 2.24) is 15.0 Å². The van der Waals surface area contributed by atoms with Gasteiger partial charge in [0.15, 0.2) is 5.52 Å². The molecule has 0 spiro atoms. The summed E-state index contributed by atoms with van der Waals surface area (Å²) < 4.78 is 5.45. The van der Waals surface area contributed by atoms with Gasteiger partial charge in [-0.2, -0.15) is 4.98 Å². The second-order valence-electron chi connectivity index (χ2n) is 3.24. The SMILES string of the molecule is CCCOc1nc(N)nc2ccc(Cl)nc12. The Morgan fingerprint density at radius 1 is 1.31 bits per heavy atom. The van der Waals surface area contributed by atoms with Crippen molar-refractivity contribution in [2.45, 2.75) is 13.3 Å². The molecule has 0 fully saturated rings. The van der Waals surface area contributed by atoms with E-state index < -0.39 is 0 Å². The first-order valence-corrected chi connectivity index (χ1v) is 5.31. The summed E-state index contributed by atoms with van der Waals surface area (Å²) in [5.74, 6) is 0.551. The molecule has 0 atom stereocenters. The van der Waals surface area contributed by atoms with Gasteiger partial charge in [0.2, 0.25) is 11.8 Å². The van der Waals surface area contributed by atoms with Gasteiger partial charge in [-0.1, -0.05) is 18.5 Å². The number of anilines is 1. The van der Waals surface area contributed by atoms with Gasteiger partial charge in [0, 0.05) is 0 Å². The maximum absolute atomic E-state index is 5.81. The molecule has 2 aromatic heterocycles. The molecule has 0 aliphatic heterocycles. The smallest absolute Gasteiger partial charge is 0.245 e. The van der Waals surface area contributed by atoms with Crippen molar-refractivity contribution in [2.75, 3.05) is 12.3 Å². The second kappa shape index (κ2) is 4.49. The Balaban J connectivity index is 2.55. The van der Waals surface area contributed by atoms with Crippen LogP contribution in [0.25, 0.3) is 11.0 Å². The Bertz CT molecular complexity index is 517. The van der Waals surface area contributed by atoms with Crippen molar-refractivity contribution in [2.24, 2.45) is 0 Å². The number of nitrogen functional groups attached to an aromatic ring is 1. The van der Waals surface area contributed by atoms with Crippen LogP contribution < -0.4 is 10.5 Å². The van der Waals surface area contributed by atoms with Gasteiger partial charge in [0.05, 0.1) is 12.1 Å². The van der Waals surface area contributed by atoms with Gasteiger partial charge in [-0.25, -0.2) is 9.97 Å². The Hall–Kier alpha value is -1.62.